The first-order valence-electron chi connectivity index (χ1n) is 6.28. The molecule has 2 unspecified atom stereocenters. The second kappa shape index (κ2) is 6.97. The summed E-state index contributed by atoms with van der Waals surface area (Å²) >= 11 is 5.84. The van der Waals surface area contributed by atoms with Crippen LogP contribution in [-0.2, 0) is 0 Å². The molecule has 96 valence electrons. The molecule has 1 rings (SSSR count). The number of benzene rings is 1. The van der Waals surface area contributed by atoms with Crippen molar-refractivity contribution in [2.45, 2.75) is 39.7 Å². The normalized spacial score (nSPS) is 14.6. The van der Waals surface area contributed by atoms with Gasteiger partial charge in [-0.25, -0.2) is 4.39 Å². The predicted molar refractivity (Wildman–Crippen MR) is 71.9 cm³/mol. The van der Waals surface area contributed by atoms with Gasteiger partial charge in [-0.15, -0.1) is 0 Å². The highest BCUT2D eigenvalue weighted by Crippen LogP contribution is 2.28. The third-order valence-corrected chi connectivity index (χ3v) is 3.33. The van der Waals surface area contributed by atoms with Crippen molar-refractivity contribution in [1.29, 1.82) is 0 Å². The van der Waals surface area contributed by atoms with Crippen LogP contribution in [0.3, 0.4) is 0 Å². The lowest BCUT2D eigenvalue weighted by Gasteiger charge is -2.25. The first-order valence-corrected chi connectivity index (χ1v) is 6.66. The van der Waals surface area contributed by atoms with Crippen LogP contribution in [0.25, 0.3) is 0 Å². The highest BCUT2D eigenvalue weighted by atomic mass is 35.5. The highest BCUT2D eigenvalue weighted by Gasteiger charge is 2.18. The lowest BCUT2D eigenvalue weighted by Crippen LogP contribution is -2.26. The average Bonchev–Trinajstić information content (AvgIpc) is 2.30. The Morgan fingerprint density at radius 3 is 2.59 bits per heavy atom. The molecule has 0 heterocycles. The van der Waals surface area contributed by atoms with E-state index in [1.54, 1.807) is 6.07 Å². The maximum Gasteiger partial charge on any atom is 0.141 e. The Bertz CT molecular complexity index is 354. The van der Waals surface area contributed by atoms with Gasteiger partial charge in [-0.1, -0.05) is 44.9 Å². The molecule has 1 nitrogen and oxygen atoms in total. The number of hydrogen-bond donors (Lipinski definition) is 1. The summed E-state index contributed by atoms with van der Waals surface area (Å²) in [6.07, 6.45) is 2.30. The number of nitrogens with one attached hydrogen (secondary N) is 1. The average molecular weight is 258 g/mol. The van der Waals surface area contributed by atoms with Gasteiger partial charge in [0.25, 0.3) is 0 Å². The summed E-state index contributed by atoms with van der Waals surface area (Å²) in [5, 5.41) is 3.65. The summed E-state index contributed by atoms with van der Waals surface area (Å²) in [5.74, 6) is 0.162. The van der Waals surface area contributed by atoms with Crippen LogP contribution in [0.2, 0.25) is 5.02 Å². The van der Waals surface area contributed by atoms with Gasteiger partial charge in [0.15, 0.2) is 0 Å². The standard InChI is InChI=1S/C14H21ClFN/c1-4-6-10(3)14(17-5-2)11-7-8-13(16)12(15)9-11/h7-10,14,17H,4-6H2,1-3H3. The molecule has 17 heavy (non-hydrogen) atoms. The number of hydrogen-bond acceptors (Lipinski definition) is 1. The van der Waals surface area contributed by atoms with E-state index in [9.17, 15) is 4.39 Å². The van der Waals surface area contributed by atoms with Gasteiger partial charge < -0.3 is 5.32 Å². The Balaban J connectivity index is 2.92. The van der Waals surface area contributed by atoms with Gasteiger partial charge in [-0.3, -0.25) is 0 Å². The molecular formula is C14H21ClFN. The van der Waals surface area contributed by atoms with Gasteiger partial charge in [0.2, 0.25) is 0 Å². The summed E-state index contributed by atoms with van der Waals surface area (Å²) in [4.78, 5) is 0. The zero-order valence-corrected chi connectivity index (χ0v) is 11.5. The van der Waals surface area contributed by atoms with E-state index in [2.05, 4.69) is 26.1 Å². The summed E-state index contributed by atoms with van der Waals surface area (Å²) in [5.41, 5.74) is 1.07. The van der Waals surface area contributed by atoms with E-state index >= 15 is 0 Å². The number of halogens is 2. The lowest BCUT2D eigenvalue weighted by atomic mass is 9.91. The fraction of sp³-hybridized carbons (Fsp3) is 0.571. The van der Waals surface area contributed by atoms with E-state index < -0.39 is 0 Å². The van der Waals surface area contributed by atoms with Gasteiger partial charge in [-0.2, -0.15) is 0 Å². The molecule has 0 aliphatic rings. The van der Waals surface area contributed by atoms with E-state index in [-0.39, 0.29) is 16.9 Å². The van der Waals surface area contributed by atoms with Gasteiger partial charge in [0, 0.05) is 6.04 Å². The monoisotopic (exact) mass is 257 g/mol. The molecule has 3 heteroatoms. The minimum Gasteiger partial charge on any atom is -0.310 e. The SMILES string of the molecule is CCCC(C)C(NCC)c1ccc(F)c(Cl)c1. The smallest absolute Gasteiger partial charge is 0.141 e. The molecule has 1 N–H and O–H groups in total. The van der Waals surface area contributed by atoms with Crippen molar-refractivity contribution in [1.82, 2.24) is 5.32 Å². The van der Waals surface area contributed by atoms with Gasteiger partial charge in [0.1, 0.15) is 5.82 Å². The molecule has 0 aliphatic heterocycles. The van der Waals surface area contributed by atoms with E-state index in [1.165, 1.54) is 6.07 Å². The van der Waals surface area contributed by atoms with Crippen LogP contribution in [0.1, 0.15) is 45.2 Å². The molecule has 1 aromatic rings. The number of rotatable bonds is 6. The van der Waals surface area contributed by atoms with E-state index in [1.807, 2.05) is 6.07 Å². The maximum absolute atomic E-state index is 13.1. The molecule has 0 spiro atoms. The second-order valence-corrected chi connectivity index (χ2v) is 4.88. The first-order chi connectivity index (χ1) is 8.10. The molecule has 0 saturated carbocycles. The fourth-order valence-corrected chi connectivity index (χ4v) is 2.38. The van der Waals surface area contributed by atoms with Crippen molar-refractivity contribution < 1.29 is 4.39 Å². The Kier molecular flexibility index (Phi) is 5.93. The fourth-order valence-electron chi connectivity index (χ4n) is 2.20. The summed E-state index contributed by atoms with van der Waals surface area (Å²) in [7, 11) is 0. The molecule has 2 atom stereocenters. The maximum atomic E-state index is 13.1. The third-order valence-electron chi connectivity index (χ3n) is 3.04. The van der Waals surface area contributed by atoms with Gasteiger partial charge in [0.05, 0.1) is 5.02 Å². The quantitative estimate of drug-likeness (QED) is 0.787. The molecule has 0 aromatic heterocycles. The largest absolute Gasteiger partial charge is 0.310 e. The minimum absolute atomic E-state index is 0.203. The zero-order chi connectivity index (χ0) is 12.8. The summed E-state index contributed by atoms with van der Waals surface area (Å²) < 4.78 is 13.1. The Labute approximate surface area is 108 Å². The molecule has 0 radical (unpaired) electrons. The van der Waals surface area contributed by atoms with Crippen LogP contribution in [0, 0.1) is 11.7 Å². The molecular weight excluding hydrogens is 237 g/mol. The Morgan fingerprint density at radius 1 is 1.35 bits per heavy atom. The van der Waals surface area contributed by atoms with Crippen LogP contribution in [0.4, 0.5) is 4.39 Å². The first kappa shape index (κ1) is 14.5. The predicted octanol–water partition coefficient (Wildman–Crippen LogP) is 4.57. The van der Waals surface area contributed by atoms with Crippen molar-refractivity contribution in [2.75, 3.05) is 6.54 Å². The topological polar surface area (TPSA) is 12.0 Å². The van der Waals surface area contributed by atoms with Gasteiger partial charge in [-0.05, 0) is 36.6 Å². The lowest BCUT2D eigenvalue weighted by molar-refractivity contribution is 0.369. The van der Waals surface area contributed by atoms with Crippen LogP contribution < -0.4 is 5.32 Å². The van der Waals surface area contributed by atoms with Crippen LogP contribution in [-0.4, -0.2) is 6.54 Å². The molecule has 0 fully saturated rings. The van der Waals surface area contributed by atoms with Crippen molar-refractivity contribution in [3.8, 4) is 0 Å². The molecule has 1 aromatic carbocycles. The van der Waals surface area contributed by atoms with Crippen LogP contribution >= 0.6 is 11.6 Å². The minimum atomic E-state index is -0.353. The van der Waals surface area contributed by atoms with Crippen molar-refractivity contribution in [3.05, 3.63) is 34.6 Å². The molecule has 0 bridgehead atoms. The van der Waals surface area contributed by atoms with E-state index in [0.717, 1.165) is 24.9 Å². The molecule has 0 saturated heterocycles. The Hall–Kier alpha value is -0.600. The molecule has 0 amide bonds. The second-order valence-electron chi connectivity index (χ2n) is 4.47. The summed E-state index contributed by atoms with van der Waals surface area (Å²) in [6.45, 7) is 7.37. The van der Waals surface area contributed by atoms with Crippen LogP contribution in [0.15, 0.2) is 18.2 Å². The van der Waals surface area contributed by atoms with Crippen LogP contribution in [0.5, 0.6) is 0 Å². The van der Waals surface area contributed by atoms with Crippen molar-refractivity contribution in [3.63, 3.8) is 0 Å². The Morgan fingerprint density at radius 2 is 2.06 bits per heavy atom. The van der Waals surface area contributed by atoms with E-state index in [0.29, 0.717) is 5.92 Å². The van der Waals surface area contributed by atoms with E-state index in [4.69, 9.17) is 11.6 Å². The third kappa shape index (κ3) is 3.97. The molecule has 0 aliphatic carbocycles. The zero-order valence-electron chi connectivity index (χ0n) is 10.8. The summed E-state index contributed by atoms with van der Waals surface area (Å²) in [6, 6.07) is 5.25. The van der Waals surface area contributed by atoms with Crippen molar-refractivity contribution in [2.24, 2.45) is 5.92 Å². The highest BCUT2D eigenvalue weighted by molar-refractivity contribution is 6.30. The van der Waals surface area contributed by atoms with Gasteiger partial charge >= 0.3 is 0 Å². The van der Waals surface area contributed by atoms with Crippen molar-refractivity contribution >= 4 is 11.6 Å².